The summed E-state index contributed by atoms with van der Waals surface area (Å²) in [7, 11) is 1.78. The Morgan fingerprint density at radius 3 is 2.11 bits per heavy atom. The molecule has 0 aromatic heterocycles. The van der Waals surface area contributed by atoms with E-state index in [1.165, 1.54) is 6.42 Å². The zero-order valence-electron chi connectivity index (χ0n) is 10.5. The predicted molar refractivity (Wildman–Crippen MR) is 64.7 cm³/mol. The van der Waals surface area contributed by atoms with E-state index in [1.807, 2.05) is 0 Å². The van der Waals surface area contributed by atoms with Gasteiger partial charge in [-0.3, -0.25) is 0 Å². The standard InChI is InChI=1S/C14H18F3N/c1-18-14(9-5-3-2-4-6-9)10-7-11(15)13(17)12(16)8-10/h7-9,14,18H,2-6H2,1H3. The summed E-state index contributed by atoms with van der Waals surface area (Å²) in [5.74, 6) is -3.24. The van der Waals surface area contributed by atoms with Crippen molar-refractivity contribution < 1.29 is 13.2 Å². The van der Waals surface area contributed by atoms with Gasteiger partial charge in [0.05, 0.1) is 0 Å². The lowest BCUT2D eigenvalue weighted by molar-refractivity contribution is 0.280. The smallest absolute Gasteiger partial charge is 0.194 e. The Hall–Kier alpha value is -1.03. The van der Waals surface area contributed by atoms with Crippen LogP contribution in [0.2, 0.25) is 0 Å². The van der Waals surface area contributed by atoms with E-state index in [2.05, 4.69) is 5.32 Å². The summed E-state index contributed by atoms with van der Waals surface area (Å²) in [5, 5.41) is 3.11. The number of hydrogen-bond donors (Lipinski definition) is 1. The third kappa shape index (κ3) is 2.69. The first-order valence-corrected chi connectivity index (χ1v) is 6.45. The van der Waals surface area contributed by atoms with Crippen LogP contribution in [0.15, 0.2) is 12.1 Å². The van der Waals surface area contributed by atoms with Gasteiger partial charge in [0.1, 0.15) is 0 Å². The summed E-state index contributed by atoms with van der Waals surface area (Å²) >= 11 is 0. The number of hydrogen-bond acceptors (Lipinski definition) is 1. The summed E-state index contributed by atoms with van der Waals surface area (Å²) in [5.41, 5.74) is 0.501. The molecule has 18 heavy (non-hydrogen) atoms. The van der Waals surface area contributed by atoms with Gasteiger partial charge in [0.15, 0.2) is 17.5 Å². The van der Waals surface area contributed by atoms with E-state index in [-0.39, 0.29) is 6.04 Å². The van der Waals surface area contributed by atoms with Gasteiger partial charge in [-0.05, 0) is 43.5 Å². The van der Waals surface area contributed by atoms with Crippen LogP contribution in [0.25, 0.3) is 0 Å². The first kappa shape index (κ1) is 13.4. The Bertz CT molecular complexity index is 390. The van der Waals surface area contributed by atoms with Gasteiger partial charge in [-0.25, -0.2) is 13.2 Å². The zero-order chi connectivity index (χ0) is 13.1. The maximum Gasteiger partial charge on any atom is 0.194 e. The van der Waals surface area contributed by atoms with E-state index in [0.29, 0.717) is 11.5 Å². The van der Waals surface area contributed by atoms with Gasteiger partial charge in [0.2, 0.25) is 0 Å². The second-order valence-corrected chi connectivity index (χ2v) is 4.96. The second kappa shape index (κ2) is 5.74. The minimum atomic E-state index is -1.39. The highest BCUT2D eigenvalue weighted by molar-refractivity contribution is 5.23. The van der Waals surface area contributed by atoms with E-state index in [9.17, 15) is 13.2 Å². The van der Waals surface area contributed by atoms with Crippen LogP contribution < -0.4 is 5.32 Å². The van der Waals surface area contributed by atoms with Crippen molar-refractivity contribution in [1.82, 2.24) is 5.32 Å². The Labute approximate surface area is 105 Å². The molecular weight excluding hydrogens is 239 g/mol. The topological polar surface area (TPSA) is 12.0 Å². The van der Waals surface area contributed by atoms with Gasteiger partial charge in [0.25, 0.3) is 0 Å². The van der Waals surface area contributed by atoms with Crippen molar-refractivity contribution in [2.24, 2.45) is 5.92 Å². The van der Waals surface area contributed by atoms with Gasteiger partial charge in [-0.1, -0.05) is 19.3 Å². The first-order valence-electron chi connectivity index (χ1n) is 6.45. The lowest BCUT2D eigenvalue weighted by Gasteiger charge is -2.30. The largest absolute Gasteiger partial charge is 0.313 e. The van der Waals surface area contributed by atoms with E-state index in [4.69, 9.17) is 0 Å². The van der Waals surface area contributed by atoms with Crippen LogP contribution >= 0.6 is 0 Å². The molecule has 1 atom stereocenters. The zero-order valence-corrected chi connectivity index (χ0v) is 10.5. The number of rotatable bonds is 3. The molecule has 1 fully saturated rings. The Morgan fingerprint density at radius 2 is 1.61 bits per heavy atom. The van der Waals surface area contributed by atoms with Crippen LogP contribution in [-0.2, 0) is 0 Å². The third-order valence-electron chi connectivity index (χ3n) is 3.80. The van der Waals surface area contributed by atoms with Gasteiger partial charge < -0.3 is 5.32 Å². The molecule has 100 valence electrons. The Kier molecular flexibility index (Phi) is 4.27. The van der Waals surface area contributed by atoms with Gasteiger partial charge in [0, 0.05) is 6.04 Å². The summed E-state index contributed by atoms with van der Waals surface area (Å²) in [6.07, 6.45) is 5.61. The average molecular weight is 257 g/mol. The minimum Gasteiger partial charge on any atom is -0.313 e. The van der Waals surface area contributed by atoms with Crippen molar-refractivity contribution in [3.63, 3.8) is 0 Å². The molecule has 0 bridgehead atoms. The fourth-order valence-corrected chi connectivity index (χ4v) is 2.90. The molecule has 1 saturated carbocycles. The van der Waals surface area contributed by atoms with Crippen molar-refractivity contribution in [2.75, 3.05) is 7.05 Å². The molecule has 1 aromatic carbocycles. The fraction of sp³-hybridized carbons (Fsp3) is 0.571. The fourth-order valence-electron chi connectivity index (χ4n) is 2.90. The molecule has 2 rings (SSSR count). The molecule has 4 heteroatoms. The number of benzene rings is 1. The Balaban J connectivity index is 2.26. The van der Waals surface area contributed by atoms with Crippen molar-refractivity contribution >= 4 is 0 Å². The summed E-state index contributed by atoms with van der Waals surface area (Å²) in [4.78, 5) is 0. The first-order chi connectivity index (χ1) is 8.63. The van der Waals surface area contributed by atoms with Crippen molar-refractivity contribution in [1.29, 1.82) is 0 Å². The molecule has 1 aromatic rings. The van der Waals surface area contributed by atoms with E-state index in [0.717, 1.165) is 37.8 Å². The maximum absolute atomic E-state index is 13.3. The molecule has 0 aliphatic heterocycles. The highest BCUT2D eigenvalue weighted by Crippen LogP contribution is 2.34. The molecule has 1 unspecified atom stereocenters. The van der Waals surface area contributed by atoms with E-state index in [1.54, 1.807) is 7.05 Å². The highest BCUT2D eigenvalue weighted by atomic mass is 19.2. The second-order valence-electron chi connectivity index (χ2n) is 4.96. The lowest BCUT2D eigenvalue weighted by atomic mass is 9.81. The SMILES string of the molecule is CNC(c1cc(F)c(F)c(F)c1)C1CCCCC1. The monoisotopic (exact) mass is 257 g/mol. The summed E-state index contributed by atoms with van der Waals surface area (Å²) < 4.78 is 39.5. The van der Waals surface area contributed by atoms with Crippen LogP contribution in [0.4, 0.5) is 13.2 Å². The van der Waals surface area contributed by atoms with Crippen LogP contribution in [0.5, 0.6) is 0 Å². The number of halogens is 3. The summed E-state index contributed by atoms with van der Waals surface area (Å²) in [6.45, 7) is 0. The van der Waals surface area contributed by atoms with Crippen LogP contribution in [0, 0.1) is 23.4 Å². The molecule has 0 amide bonds. The van der Waals surface area contributed by atoms with E-state index < -0.39 is 17.5 Å². The van der Waals surface area contributed by atoms with Crippen molar-refractivity contribution in [2.45, 2.75) is 38.1 Å². The molecule has 1 aliphatic carbocycles. The highest BCUT2D eigenvalue weighted by Gasteiger charge is 2.25. The molecule has 0 heterocycles. The van der Waals surface area contributed by atoms with Crippen molar-refractivity contribution in [3.05, 3.63) is 35.1 Å². The molecule has 1 N–H and O–H groups in total. The molecule has 1 aliphatic rings. The maximum atomic E-state index is 13.3. The quantitative estimate of drug-likeness (QED) is 0.809. The average Bonchev–Trinajstić information content (AvgIpc) is 2.38. The third-order valence-corrected chi connectivity index (χ3v) is 3.80. The Morgan fingerprint density at radius 1 is 1.06 bits per heavy atom. The summed E-state index contributed by atoms with van der Waals surface area (Å²) in [6, 6.07) is 2.11. The van der Waals surface area contributed by atoms with Crippen LogP contribution in [-0.4, -0.2) is 7.05 Å². The van der Waals surface area contributed by atoms with Crippen LogP contribution in [0.1, 0.15) is 43.7 Å². The normalized spacial score (nSPS) is 18.9. The van der Waals surface area contributed by atoms with Gasteiger partial charge in [-0.2, -0.15) is 0 Å². The van der Waals surface area contributed by atoms with Gasteiger partial charge in [-0.15, -0.1) is 0 Å². The molecular formula is C14H18F3N. The van der Waals surface area contributed by atoms with Crippen LogP contribution in [0.3, 0.4) is 0 Å². The molecule has 1 nitrogen and oxygen atoms in total. The lowest BCUT2D eigenvalue weighted by Crippen LogP contribution is -2.27. The van der Waals surface area contributed by atoms with E-state index >= 15 is 0 Å². The molecule has 0 radical (unpaired) electrons. The molecule has 0 spiro atoms. The number of nitrogens with one attached hydrogen (secondary N) is 1. The van der Waals surface area contributed by atoms with Gasteiger partial charge >= 0.3 is 0 Å². The predicted octanol–water partition coefficient (Wildman–Crippen LogP) is 3.94. The minimum absolute atomic E-state index is 0.102. The van der Waals surface area contributed by atoms with Crippen molar-refractivity contribution in [3.8, 4) is 0 Å². The molecule has 0 saturated heterocycles.